The van der Waals surface area contributed by atoms with Gasteiger partial charge in [-0.05, 0) is 31.2 Å². The zero-order valence-corrected chi connectivity index (χ0v) is 9.96. The fourth-order valence-electron chi connectivity index (χ4n) is 1.31. The molecule has 17 heavy (non-hydrogen) atoms. The molecule has 3 N–H and O–H groups in total. The van der Waals surface area contributed by atoms with E-state index in [1.807, 2.05) is 19.1 Å². The average Bonchev–Trinajstić information content (AvgIpc) is 2.28. The van der Waals surface area contributed by atoms with Crippen molar-refractivity contribution in [3.8, 4) is 0 Å². The Labute approximate surface area is 102 Å². The normalized spacial score (nSPS) is 10.3. The molecule has 1 heterocycles. The third kappa shape index (κ3) is 3.15. The number of nitrogen functional groups attached to an aromatic ring is 1. The number of anilines is 1. The van der Waals surface area contributed by atoms with Crippen LogP contribution in [0, 0.1) is 12.7 Å². The lowest BCUT2D eigenvalue weighted by atomic mass is 10.4. The van der Waals surface area contributed by atoms with Crippen molar-refractivity contribution in [2.24, 2.45) is 5.84 Å². The molecule has 0 atom stereocenters. The molecule has 0 aliphatic heterocycles. The van der Waals surface area contributed by atoms with E-state index >= 15 is 0 Å². The molecule has 0 amide bonds. The van der Waals surface area contributed by atoms with E-state index in [1.54, 1.807) is 6.07 Å². The van der Waals surface area contributed by atoms with Crippen LogP contribution in [0.2, 0.25) is 0 Å². The number of rotatable bonds is 3. The first-order valence-electron chi connectivity index (χ1n) is 4.93. The number of benzene rings is 1. The van der Waals surface area contributed by atoms with Crippen molar-refractivity contribution in [1.82, 2.24) is 9.97 Å². The Morgan fingerprint density at radius 2 is 2.12 bits per heavy atom. The zero-order valence-electron chi connectivity index (χ0n) is 9.14. The van der Waals surface area contributed by atoms with E-state index in [2.05, 4.69) is 15.4 Å². The maximum atomic E-state index is 13.0. The predicted octanol–water partition coefficient (Wildman–Crippen LogP) is 2.36. The van der Waals surface area contributed by atoms with E-state index in [-0.39, 0.29) is 5.82 Å². The van der Waals surface area contributed by atoms with Crippen LogP contribution in [0.5, 0.6) is 0 Å². The van der Waals surface area contributed by atoms with Crippen LogP contribution in [0.25, 0.3) is 0 Å². The Hall–Kier alpha value is -1.66. The Morgan fingerprint density at radius 3 is 2.82 bits per heavy atom. The van der Waals surface area contributed by atoms with E-state index < -0.39 is 0 Å². The third-order valence-corrected chi connectivity index (χ3v) is 2.89. The highest BCUT2D eigenvalue weighted by Gasteiger charge is 2.04. The molecular weight excluding hydrogens is 239 g/mol. The summed E-state index contributed by atoms with van der Waals surface area (Å²) in [4.78, 5) is 9.03. The van der Waals surface area contributed by atoms with Gasteiger partial charge in [0.2, 0.25) is 5.95 Å². The summed E-state index contributed by atoms with van der Waals surface area (Å²) in [6.07, 6.45) is 0. The van der Waals surface area contributed by atoms with Gasteiger partial charge in [-0.25, -0.2) is 20.2 Å². The van der Waals surface area contributed by atoms with Crippen molar-refractivity contribution in [3.05, 3.63) is 41.8 Å². The molecule has 2 rings (SSSR count). The molecule has 0 aliphatic rings. The van der Waals surface area contributed by atoms with E-state index in [9.17, 15) is 4.39 Å². The molecule has 0 aliphatic carbocycles. The van der Waals surface area contributed by atoms with Crippen LogP contribution in [-0.4, -0.2) is 9.97 Å². The molecule has 2 aromatic rings. The minimum absolute atomic E-state index is 0.266. The van der Waals surface area contributed by atoms with E-state index in [1.165, 1.54) is 23.9 Å². The van der Waals surface area contributed by atoms with E-state index in [4.69, 9.17) is 5.84 Å². The molecular formula is C11H11FN4S. The Bertz CT molecular complexity index is 533. The van der Waals surface area contributed by atoms with Gasteiger partial charge in [0.1, 0.15) is 10.8 Å². The third-order valence-electron chi connectivity index (χ3n) is 1.98. The van der Waals surface area contributed by atoms with Gasteiger partial charge in [0.25, 0.3) is 0 Å². The highest BCUT2D eigenvalue weighted by molar-refractivity contribution is 7.99. The van der Waals surface area contributed by atoms with Gasteiger partial charge in [0.15, 0.2) is 0 Å². The van der Waals surface area contributed by atoms with Gasteiger partial charge in [-0.1, -0.05) is 17.8 Å². The average molecular weight is 250 g/mol. The molecule has 88 valence electrons. The maximum Gasteiger partial charge on any atom is 0.238 e. The Morgan fingerprint density at radius 1 is 1.29 bits per heavy atom. The van der Waals surface area contributed by atoms with Crippen molar-refractivity contribution in [2.45, 2.75) is 16.8 Å². The van der Waals surface area contributed by atoms with Crippen molar-refractivity contribution in [2.75, 3.05) is 5.43 Å². The molecule has 0 spiro atoms. The standard InChI is InChI=1S/C11H11FN4S/c1-7-5-10(15-11(14-7)16-13)17-9-4-2-3-8(12)6-9/h2-6H,13H2,1H3,(H,14,15,16). The van der Waals surface area contributed by atoms with Gasteiger partial charge in [0, 0.05) is 10.6 Å². The van der Waals surface area contributed by atoms with Crippen LogP contribution in [0.3, 0.4) is 0 Å². The van der Waals surface area contributed by atoms with Crippen molar-refractivity contribution in [1.29, 1.82) is 0 Å². The molecule has 0 bridgehead atoms. The van der Waals surface area contributed by atoms with Crippen molar-refractivity contribution in [3.63, 3.8) is 0 Å². The molecule has 0 saturated carbocycles. The molecule has 0 radical (unpaired) electrons. The second kappa shape index (κ2) is 5.11. The molecule has 1 aromatic heterocycles. The number of hydrogen-bond donors (Lipinski definition) is 2. The van der Waals surface area contributed by atoms with Gasteiger partial charge in [-0.3, -0.25) is 5.43 Å². The van der Waals surface area contributed by atoms with Crippen LogP contribution in [0.1, 0.15) is 5.69 Å². The SMILES string of the molecule is Cc1cc(Sc2cccc(F)c2)nc(NN)n1. The van der Waals surface area contributed by atoms with Crippen LogP contribution in [-0.2, 0) is 0 Å². The summed E-state index contributed by atoms with van der Waals surface area (Å²) < 4.78 is 13.0. The topological polar surface area (TPSA) is 63.8 Å². The minimum atomic E-state index is -0.266. The second-order valence-corrected chi connectivity index (χ2v) is 4.47. The Balaban J connectivity index is 2.26. The molecule has 6 heteroatoms. The fourth-order valence-corrected chi connectivity index (χ4v) is 2.23. The summed E-state index contributed by atoms with van der Waals surface area (Å²) in [6.45, 7) is 1.85. The molecule has 0 unspecified atom stereocenters. The number of halogens is 1. The number of aryl methyl sites for hydroxylation is 1. The van der Waals surface area contributed by atoms with Crippen LogP contribution in [0.15, 0.2) is 40.3 Å². The summed E-state index contributed by atoms with van der Waals surface area (Å²) in [5.74, 6) is 5.35. The summed E-state index contributed by atoms with van der Waals surface area (Å²) in [5, 5.41) is 0.719. The van der Waals surface area contributed by atoms with Gasteiger partial charge >= 0.3 is 0 Å². The molecule has 1 aromatic carbocycles. The summed E-state index contributed by atoms with van der Waals surface area (Å²) in [5.41, 5.74) is 3.19. The minimum Gasteiger partial charge on any atom is -0.292 e. The van der Waals surface area contributed by atoms with Crippen LogP contribution in [0.4, 0.5) is 10.3 Å². The largest absolute Gasteiger partial charge is 0.292 e. The van der Waals surface area contributed by atoms with Gasteiger partial charge in [0.05, 0.1) is 0 Å². The number of aromatic nitrogens is 2. The summed E-state index contributed by atoms with van der Waals surface area (Å²) in [6, 6.07) is 8.16. The maximum absolute atomic E-state index is 13.0. The van der Waals surface area contributed by atoms with Crippen LogP contribution >= 0.6 is 11.8 Å². The zero-order chi connectivity index (χ0) is 12.3. The number of nitrogens with one attached hydrogen (secondary N) is 1. The number of hydrogen-bond acceptors (Lipinski definition) is 5. The molecule has 0 fully saturated rings. The number of hydrazine groups is 1. The lowest BCUT2D eigenvalue weighted by molar-refractivity contribution is 0.624. The summed E-state index contributed by atoms with van der Waals surface area (Å²) >= 11 is 1.36. The van der Waals surface area contributed by atoms with Crippen molar-refractivity contribution < 1.29 is 4.39 Å². The fraction of sp³-hybridized carbons (Fsp3) is 0.0909. The highest BCUT2D eigenvalue weighted by atomic mass is 32.2. The first-order chi connectivity index (χ1) is 8.17. The first kappa shape index (κ1) is 11.8. The van der Waals surface area contributed by atoms with Crippen LogP contribution < -0.4 is 11.3 Å². The van der Waals surface area contributed by atoms with Gasteiger partial charge in [-0.15, -0.1) is 0 Å². The quantitative estimate of drug-likeness (QED) is 0.497. The van der Waals surface area contributed by atoms with Gasteiger partial charge < -0.3 is 0 Å². The monoisotopic (exact) mass is 250 g/mol. The van der Waals surface area contributed by atoms with Gasteiger partial charge in [-0.2, -0.15) is 0 Å². The number of nitrogens with zero attached hydrogens (tertiary/aromatic N) is 2. The molecule has 0 saturated heterocycles. The second-order valence-electron chi connectivity index (χ2n) is 3.37. The molecule has 4 nitrogen and oxygen atoms in total. The predicted molar refractivity (Wildman–Crippen MR) is 65.1 cm³/mol. The lowest BCUT2D eigenvalue weighted by Crippen LogP contribution is -2.11. The lowest BCUT2D eigenvalue weighted by Gasteiger charge is -2.04. The van der Waals surface area contributed by atoms with Crippen molar-refractivity contribution >= 4 is 17.7 Å². The first-order valence-corrected chi connectivity index (χ1v) is 5.75. The van der Waals surface area contributed by atoms with E-state index in [0.717, 1.165) is 15.6 Å². The Kier molecular flexibility index (Phi) is 3.55. The van der Waals surface area contributed by atoms with E-state index in [0.29, 0.717) is 5.95 Å². The highest BCUT2D eigenvalue weighted by Crippen LogP contribution is 2.27. The summed E-state index contributed by atoms with van der Waals surface area (Å²) in [7, 11) is 0. The number of nitrogens with two attached hydrogens (primary N) is 1. The smallest absolute Gasteiger partial charge is 0.238 e.